The monoisotopic (exact) mass is 156 g/mol. The van der Waals surface area contributed by atoms with Crippen molar-refractivity contribution in [3.05, 3.63) is 12.2 Å². The highest BCUT2D eigenvalue weighted by atomic mass is 16.5. The SMILES string of the molecule is CC(=O)C=CCCOC(C)=O. The van der Waals surface area contributed by atoms with Gasteiger partial charge in [-0.25, -0.2) is 0 Å². The highest BCUT2D eigenvalue weighted by molar-refractivity contribution is 5.87. The van der Waals surface area contributed by atoms with Gasteiger partial charge in [-0.2, -0.15) is 0 Å². The van der Waals surface area contributed by atoms with Crippen LogP contribution in [0.3, 0.4) is 0 Å². The van der Waals surface area contributed by atoms with Crippen LogP contribution in [-0.4, -0.2) is 18.4 Å². The van der Waals surface area contributed by atoms with Crippen molar-refractivity contribution in [3.8, 4) is 0 Å². The van der Waals surface area contributed by atoms with Gasteiger partial charge < -0.3 is 4.74 Å². The maximum Gasteiger partial charge on any atom is 0.302 e. The standard InChI is InChI=1S/C8H12O3/c1-7(9)5-3-4-6-11-8(2)10/h3,5H,4,6H2,1-2H3. The van der Waals surface area contributed by atoms with Crippen LogP contribution < -0.4 is 0 Å². The van der Waals surface area contributed by atoms with E-state index in [9.17, 15) is 9.59 Å². The molecule has 0 aromatic rings. The fourth-order valence-electron chi connectivity index (χ4n) is 0.520. The molecule has 0 heterocycles. The Kier molecular flexibility index (Phi) is 5.07. The number of carbonyl (C=O) groups excluding carboxylic acids is 2. The Bertz CT molecular complexity index is 170. The molecule has 0 aliphatic carbocycles. The zero-order valence-electron chi connectivity index (χ0n) is 6.79. The summed E-state index contributed by atoms with van der Waals surface area (Å²) in [6.45, 7) is 3.18. The number of esters is 1. The molecule has 0 aliphatic rings. The maximum atomic E-state index is 10.3. The van der Waals surface area contributed by atoms with Gasteiger partial charge in [0.05, 0.1) is 6.61 Å². The highest BCUT2D eigenvalue weighted by Gasteiger charge is 1.88. The molecule has 0 aliphatic heterocycles. The summed E-state index contributed by atoms with van der Waals surface area (Å²) in [5, 5.41) is 0. The quantitative estimate of drug-likeness (QED) is 0.347. The van der Waals surface area contributed by atoms with Crippen LogP contribution in [0.2, 0.25) is 0 Å². The van der Waals surface area contributed by atoms with Crippen molar-refractivity contribution in [3.63, 3.8) is 0 Å². The van der Waals surface area contributed by atoms with E-state index in [1.807, 2.05) is 0 Å². The molecule has 3 heteroatoms. The third-order valence-corrected chi connectivity index (χ3v) is 0.942. The summed E-state index contributed by atoms with van der Waals surface area (Å²) >= 11 is 0. The lowest BCUT2D eigenvalue weighted by Crippen LogP contribution is -1.99. The predicted octanol–water partition coefficient (Wildman–Crippen LogP) is 1.08. The predicted molar refractivity (Wildman–Crippen MR) is 41.1 cm³/mol. The van der Waals surface area contributed by atoms with Gasteiger partial charge in [-0.05, 0) is 19.4 Å². The number of ketones is 1. The van der Waals surface area contributed by atoms with Gasteiger partial charge in [-0.15, -0.1) is 0 Å². The summed E-state index contributed by atoms with van der Waals surface area (Å²) in [6.07, 6.45) is 3.74. The van der Waals surface area contributed by atoms with Gasteiger partial charge in [0.2, 0.25) is 0 Å². The molecule has 0 fully saturated rings. The second-order valence-corrected chi connectivity index (χ2v) is 2.14. The van der Waals surface area contributed by atoms with Crippen LogP contribution in [0.15, 0.2) is 12.2 Å². The average molecular weight is 156 g/mol. The summed E-state index contributed by atoms with van der Waals surface area (Å²) < 4.78 is 4.62. The van der Waals surface area contributed by atoms with Crippen molar-refractivity contribution in [2.45, 2.75) is 20.3 Å². The summed E-state index contributed by atoms with van der Waals surface area (Å²) in [5.74, 6) is -0.283. The smallest absolute Gasteiger partial charge is 0.302 e. The van der Waals surface area contributed by atoms with E-state index < -0.39 is 0 Å². The molecule has 0 rings (SSSR count). The van der Waals surface area contributed by atoms with Gasteiger partial charge in [0.1, 0.15) is 0 Å². The Hall–Kier alpha value is -1.12. The van der Waals surface area contributed by atoms with E-state index in [1.165, 1.54) is 19.9 Å². The van der Waals surface area contributed by atoms with Crippen LogP contribution in [0.4, 0.5) is 0 Å². The Labute approximate surface area is 66.0 Å². The fraction of sp³-hybridized carbons (Fsp3) is 0.500. The van der Waals surface area contributed by atoms with Gasteiger partial charge in [-0.1, -0.05) is 6.08 Å². The van der Waals surface area contributed by atoms with Crippen molar-refractivity contribution < 1.29 is 14.3 Å². The fourth-order valence-corrected chi connectivity index (χ4v) is 0.520. The molecule has 0 aromatic heterocycles. The van der Waals surface area contributed by atoms with Gasteiger partial charge in [0.25, 0.3) is 0 Å². The molecule has 0 amide bonds. The molecule has 0 radical (unpaired) electrons. The van der Waals surface area contributed by atoms with Gasteiger partial charge in [0.15, 0.2) is 5.78 Å². The minimum atomic E-state index is -0.291. The number of hydrogen-bond acceptors (Lipinski definition) is 3. The van der Waals surface area contributed by atoms with E-state index in [1.54, 1.807) is 6.08 Å². The minimum Gasteiger partial charge on any atom is -0.466 e. The third-order valence-electron chi connectivity index (χ3n) is 0.942. The highest BCUT2D eigenvalue weighted by Crippen LogP contribution is 1.86. The maximum absolute atomic E-state index is 10.3. The van der Waals surface area contributed by atoms with Crippen LogP contribution in [0.25, 0.3) is 0 Å². The number of hydrogen-bond donors (Lipinski definition) is 0. The Morgan fingerprint density at radius 2 is 2.00 bits per heavy atom. The topological polar surface area (TPSA) is 43.4 Å². The van der Waals surface area contributed by atoms with Gasteiger partial charge >= 0.3 is 5.97 Å². The molecule has 0 atom stereocenters. The normalized spacial score (nSPS) is 10.0. The average Bonchev–Trinajstić information content (AvgIpc) is 1.85. The number of carbonyl (C=O) groups is 2. The Morgan fingerprint density at radius 1 is 1.36 bits per heavy atom. The molecule has 0 saturated carbocycles. The van der Waals surface area contributed by atoms with E-state index in [0.717, 1.165) is 0 Å². The second-order valence-electron chi connectivity index (χ2n) is 2.14. The summed E-state index contributed by atoms with van der Waals surface area (Å²) in [7, 11) is 0. The molecule has 0 saturated heterocycles. The van der Waals surface area contributed by atoms with Crippen LogP contribution in [-0.2, 0) is 14.3 Å². The first kappa shape index (κ1) is 9.88. The number of ether oxygens (including phenoxy) is 1. The third kappa shape index (κ3) is 8.88. The lowest BCUT2D eigenvalue weighted by molar-refractivity contribution is -0.140. The molecule has 0 unspecified atom stereocenters. The molecule has 0 bridgehead atoms. The van der Waals surface area contributed by atoms with Crippen molar-refractivity contribution in [2.24, 2.45) is 0 Å². The lowest BCUT2D eigenvalue weighted by Gasteiger charge is -1.95. The first-order valence-corrected chi connectivity index (χ1v) is 3.43. The van der Waals surface area contributed by atoms with Crippen molar-refractivity contribution >= 4 is 11.8 Å². The molecule has 0 N–H and O–H groups in total. The molecular formula is C8H12O3. The second kappa shape index (κ2) is 5.65. The van der Waals surface area contributed by atoms with Gasteiger partial charge in [-0.3, -0.25) is 9.59 Å². The van der Waals surface area contributed by atoms with E-state index in [4.69, 9.17) is 0 Å². The number of allylic oxidation sites excluding steroid dienone is 1. The summed E-state index contributed by atoms with van der Waals surface area (Å²) in [5.41, 5.74) is 0. The minimum absolute atomic E-state index is 0.00725. The first-order chi connectivity index (χ1) is 5.13. The van der Waals surface area contributed by atoms with Gasteiger partial charge in [0, 0.05) is 6.92 Å². The zero-order chi connectivity index (χ0) is 8.69. The Morgan fingerprint density at radius 3 is 2.45 bits per heavy atom. The van der Waals surface area contributed by atoms with Crippen molar-refractivity contribution in [2.75, 3.05) is 6.61 Å². The Balaban J connectivity index is 3.27. The molecule has 3 nitrogen and oxygen atoms in total. The molecular weight excluding hydrogens is 144 g/mol. The van der Waals surface area contributed by atoms with Crippen LogP contribution >= 0.6 is 0 Å². The molecule has 0 aromatic carbocycles. The molecule has 0 spiro atoms. The van der Waals surface area contributed by atoms with Crippen LogP contribution in [0.1, 0.15) is 20.3 Å². The summed E-state index contributed by atoms with van der Waals surface area (Å²) in [4.78, 5) is 20.6. The largest absolute Gasteiger partial charge is 0.466 e. The van der Waals surface area contributed by atoms with E-state index >= 15 is 0 Å². The van der Waals surface area contributed by atoms with E-state index in [0.29, 0.717) is 13.0 Å². The first-order valence-electron chi connectivity index (χ1n) is 3.43. The molecule has 11 heavy (non-hydrogen) atoms. The van der Waals surface area contributed by atoms with E-state index in [-0.39, 0.29) is 11.8 Å². The van der Waals surface area contributed by atoms with Crippen LogP contribution in [0.5, 0.6) is 0 Å². The van der Waals surface area contributed by atoms with Crippen molar-refractivity contribution in [1.82, 2.24) is 0 Å². The van der Waals surface area contributed by atoms with E-state index in [2.05, 4.69) is 4.74 Å². The lowest BCUT2D eigenvalue weighted by atomic mass is 10.3. The zero-order valence-corrected chi connectivity index (χ0v) is 6.79. The van der Waals surface area contributed by atoms with Crippen molar-refractivity contribution in [1.29, 1.82) is 0 Å². The van der Waals surface area contributed by atoms with Crippen LogP contribution in [0, 0.1) is 0 Å². The summed E-state index contributed by atoms with van der Waals surface area (Å²) in [6, 6.07) is 0. The number of rotatable bonds is 4. The molecule has 62 valence electrons.